The quantitative estimate of drug-likeness (QED) is 0.800. The van der Waals surface area contributed by atoms with Crippen LogP contribution in [0.25, 0.3) is 11.5 Å². The van der Waals surface area contributed by atoms with Crippen LogP contribution in [0.5, 0.6) is 0 Å². The average Bonchev–Trinajstić information content (AvgIpc) is 3.17. The van der Waals surface area contributed by atoms with Crippen LogP contribution in [0, 0.1) is 0 Å². The van der Waals surface area contributed by atoms with E-state index in [4.69, 9.17) is 0 Å². The lowest BCUT2D eigenvalue weighted by atomic mass is 10.2. The minimum absolute atomic E-state index is 0.839. The fraction of sp³-hybridized carbons (Fsp3) is 0.250. The molecule has 1 aliphatic rings. The molecule has 0 atom stereocenters. The molecule has 0 unspecified atom stereocenters. The summed E-state index contributed by atoms with van der Waals surface area (Å²) in [6.45, 7) is 3.88. The van der Waals surface area contributed by atoms with E-state index in [1.807, 2.05) is 6.20 Å². The molecule has 0 amide bonds. The predicted octanol–water partition coefficient (Wildman–Crippen LogP) is 2.29. The summed E-state index contributed by atoms with van der Waals surface area (Å²) in [5.74, 6) is 0.839. The second-order valence-electron chi connectivity index (χ2n) is 5.38. The smallest absolute Gasteiger partial charge is 0.157 e. The van der Waals surface area contributed by atoms with E-state index in [1.54, 1.807) is 6.20 Å². The molecule has 21 heavy (non-hydrogen) atoms. The van der Waals surface area contributed by atoms with Crippen LogP contribution in [0.4, 0.5) is 0 Å². The highest BCUT2D eigenvalue weighted by molar-refractivity contribution is 5.49. The second-order valence-corrected chi connectivity index (χ2v) is 5.38. The normalized spacial score (nSPS) is 15.0. The number of aromatic nitrogens is 4. The third-order valence-corrected chi connectivity index (χ3v) is 3.87. The van der Waals surface area contributed by atoms with Crippen LogP contribution in [0.1, 0.15) is 11.3 Å². The number of nitrogens with zero attached hydrogens (tertiary/aromatic N) is 4. The first-order chi connectivity index (χ1) is 10.4. The van der Waals surface area contributed by atoms with E-state index in [0.717, 1.165) is 37.7 Å². The average molecular weight is 279 g/mol. The lowest BCUT2D eigenvalue weighted by Crippen LogP contribution is -2.33. The van der Waals surface area contributed by atoms with Gasteiger partial charge in [-0.25, -0.2) is 4.98 Å². The van der Waals surface area contributed by atoms with Crippen LogP contribution < -0.4 is 0 Å². The topological polar surface area (TPSA) is 49.7 Å². The first-order valence-electron chi connectivity index (χ1n) is 7.21. The number of aromatic amines is 1. The molecule has 1 aliphatic heterocycles. The maximum absolute atomic E-state index is 4.63. The lowest BCUT2D eigenvalue weighted by Gasteiger charge is -2.27. The Morgan fingerprint density at radius 3 is 2.86 bits per heavy atom. The van der Waals surface area contributed by atoms with Crippen molar-refractivity contribution in [1.29, 1.82) is 0 Å². The van der Waals surface area contributed by atoms with E-state index in [1.165, 1.54) is 11.3 Å². The molecule has 0 radical (unpaired) electrons. The molecule has 0 spiro atoms. The fourth-order valence-corrected chi connectivity index (χ4v) is 2.82. The van der Waals surface area contributed by atoms with Gasteiger partial charge in [0, 0.05) is 32.0 Å². The van der Waals surface area contributed by atoms with Gasteiger partial charge in [-0.3, -0.25) is 9.58 Å². The van der Waals surface area contributed by atoms with Crippen LogP contribution in [0.3, 0.4) is 0 Å². The van der Waals surface area contributed by atoms with E-state index in [0.29, 0.717) is 0 Å². The Morgan fingerprint density at radius 1 is 1.14 bits per heavy atom. The van der Waals surface area contributed by atoms with Gasteiger partial charge < -0.3 is 4.98 Å². The minimum Gasteiger partial charge on any atom is -0.343 e. The molecule has 0 saturated heterocycles. The van der Waals surface area contributed by atoms with E-state index >= 15 is 0 Å². The van der Waals surface area contributed by atoms with Crippen LogP contribution >= 0.6 is 0 Å². The van der Waals surface area contributed by atoms with Crippen molar-refractivity contribution < 1.29 is 0 Å². The van der Waals surface area contributed by atoms with Gasteiger partial charge in [-0.15, -0.1) is 0 Å². The van der Waals surface area contributed by atoms with Gasteiger partial charge in [0.05, 0.1) is 12.2 Å². The highest BCUT2D eigenvalue weighted by atomic mass is 15.3. The Kier molecular flexibility index (Phi) is 3.05. The van der Waals surface area contributed by atoms with E-state index < -0.39 is 0 Å². The molecular formula is C16H17N5. The van der Waals surface area contributed by atoms with Crippen molar-refractivity contribution in [3.05, 3.63) is 60.0 Å². The third kappa shape index (κ3) is 2.48. The van der Waals surface area contributed by atoms with Crippen molar-refractivity contribution in [3.63, 3.8) is 0 Å². The van der Waals surface area contributed by atoms with E-state index in [2.05, 4.69) is 61.0 Å². The standard InChI is InChI=1S/C16H17N5/c1-2-4-13(5-3-1)11-20-8-9-21-14(12-20)10-15(19-21)16-17-6-7-18-16/h1-7,10H,8-9,11-12H2,(H,17,18). The van der Waals surface area contributed by atoms with Crippen molar-refractivity contribution in [2.45, 2.75) is 19.6 Å². The Balaban J connectivity index is 1.52. The number of rotatable bonds is 3. The maximum atomic E-state index is 4.63. The first-order valence-corrected chi connectivity index (χ1v) is 7.21. The van der Waals surface area contributed by atoms with Crippen molar-refractivity contribution in [1.82, 2.24) is 24.6 Å². The van der Waals surface area contributed by atoms with Crippen molar-refractivity contribution in [2.24, 2.45) is 0 Å². The summed E-state index contributed by atoms with van der Waals surface area (Å²) in [4.78, 5) is 9.84. The summed E-state index contributed by atoms with van der Waals surface area (Å²) >= 11 is 0. The van der Waals surface area contributed by atoms with Crippen LogP contribution in [0.15, 0.2) is 48.8 Å². The zero-order valence-electron chi connectivity index (χ0n) is 11.7. The Labute approximate surface area is 123 Å². The van der Waals surface area contributed by atoms with Gasteiger partial charge in [0.25, 0.3) is 0 Å². The Morgan fingerprint density at radius 2 is 2.05 bits per heavy atom. The largest absolute Gasteiger partial charge is 0.343 e. The van der Waals surface area contributed by atoms with Gasteiger partial charge in [0.2, 0.25) is 0 Å². The molecule has 0 fully saturated rings. The molecule has 106 valence electrons. The molecule has 1 N–H and O–H groups in total. The molecule has 4 rings (SSSR count). The molecule has 0 bridgehead atoms. The van der Waals surface area contributed by atoms with Crippen molar-refractivity contribution in [2.75, 3.05) is 6.54 Å². The number of fused-ring (bicyclic) bond motifs is 1. The summed E-state index contributed by atoms with van der Waals surface area (Å²) in [5.41, 5.74) is 3.54. The minimum atomic E-state index is 0.839. The Hall–Kier alpha value is -2.40. The number of nitrogens with one attached hydrogen (secondary N) is 1. The highest BCUT2D eigenvalue weighted by Crippen LogP contribution is 2.20. The molecule has 0 aliphatic carbocycles. The number of benzene rings is 1. The number of hydrogen-bond donors (Lipinski definition) is 1. The maximum Gasteiger partial charge on any atom is 0.157 e. The highest BCUT2D eigenvalue weighted by Gasteiger charge is 2.19. The summed E-state index contributed by atoms with van der Waals surface area (Å²) in [6.07, 6.45) is 3.59. The van der Waals surface area contributed by atoms with E-state index in [-0.39, 0.29) is 0 Å². The second kappa shape index (κ2) is 5.18. The summed E-state index contributed by atoms with van der Waals surface area (Å²) in [7, 11) is 0. The number of imidazole rings is 1. The van der Waals surface area contributed by atoms with Gasteiger partial charge in [0.15, 0.2) is 5.82 Å². The molecule has 3 aromatic rings. The van der Waals surface area contributed by atoms with Crippen LogP contribution in [-0.2, 0) is 19.6 Å². The lowest BCUT2D eigenvalue weighted by molar-refractivity contribution is 0.205. The summed E-state index contributed by atoms with van der Waals surface area (Å²) in [5, 5.41) is 4.63. The number of hydrogen-bond acceptors (Lipinski definition) is 3. The van der Waals surface area contributed by atoms with Gasteiger partial charge in [-0.1, -0.05) is 30.3 Å². The molecule has 1 aromatic carbocycles. The van der Waals surface area contributed by atoms with Crippen molar-refractivity contribution >= 4 is 0 Å². The van der Waals surface area contributed by atoms with Crippen molar-refractivity contribution in [3.8, 4) is 11.5 Å². The summed E-state index contributed by atoms with van der Waals surface area (Å²) < 4.78 is 2.10. The fourth-order valence-electron chi connectivity index (χ4n) is 2.82. The Bertz CT molecular complexity index is 714. The third-order valence-electron chi connectivity index (χ3n) is 3.87. The van der Waals surface area contributed by atoms with Gasteiger partial charge in [-0.05, 0) is 11.6 Å². The molecule has 2 aromatic heterocycles. The van der Waals surface area contributed by atoms with Gasteiger partial charge in [0.1, 0.15) is 5.69 Å². The van der Waals surface area contributed by atoms with Crippen LogP contribution in [-0.4, -0.2) is 31.2 Å². The van der Waals surface area contributed by atoms with Crippen LogP contribution in [0.2, 0.25) is 0 Å². The van der Waals surface area contributed by atoms with Gasteiger partial charge >= 0.3 is 0 Å². The molecular weight excluding hydrogens is 262 g/mol. The predicted molar refractivity (Wildman–Crippen MR) is 80.4 cm³/mol. The SMILES string of the molecule is c1ccc(CN2CCn3nc(-c4ncc[nH]4)cc3C2)cc1. The zero-order valence-corrected chi connectivity index (χ0v) is 11.7. The molecule has 5 nitrogen and oxygen atoms in total. The van der Waals surface area contributed by atoms with E-state index in [9.17, 15) is 0 Å². The summed E-state index contributed by atoms with van der Waals surface area (Å²) in [6, 6.07) is 12.7. The monoisotopic (exact) mass is 279 g/mol. The molecule has 5 heteroatoms. The van der Waals surface area contributed by atoms with Gasteiger partial charge in [-0.2, -0.15) is 5.10 Å². The molecule has 0 saturated carbocycles. The zero-order chi connectivity index (χ0) is 14.1. The first kappa shape index (κ1) is 12.3. The molecule has 3 heterocycles. The number of H-pyrrole nitrogens is 1.